The first-order valence-electron chi connectivity index (χ1n) is 9.22. The summed E-state index contributed by atoms with van der Waals surface area (Å²) in [6.07, 6.45) is 1.45. The van der Waals surface area contributed by atoms with Crippen molar-refractivity contribution in [3.8, 4) is 11.3 Å². The summed E-state index contributed by atoms with van der Waals surface area (Å²) in [7, 11) is 3.71. The van der Waals surface area contributed by atoms with Crippen molar-refractivity contribution in [2.75, 3.05) is 13.1 Å². The van der Waals surface area contributed by atoms with Crippen molar-refractivity contribution in [1.82, 2.24) is 24.5 Å². The van der Waals surface area contributed by atoms with E-state index in [1.165, 1.54) is 0 Å². The molecule has 0 unspecified atom stereocenters. The molecule has 2 aromatic rings. The summed E-state index contributed by atoms with van der Waals surface area (Å²) in [5.41, 5.74) is 3.55. The molecule has 1 aliphatic heterocycles. The quantitative estimate of drug-likeness (QED) is 0.910. The molecule has 7 nitrogen and oxygen atoms in total. The van der Waals surface area contributed by atoms with Crippen molar-refractivity contribution >= 4 is 5.91 Å². The Morgan fingerprint density at radius 2 is 2.00 bits per heavy atom. The molecule has 2 atom stereocenters. The summed E-state index contributed by atoms with van der Waals surface area (Å²) in [5, 5.41) is 19.5. The van der Waals surface area contributed by atoms with Crippen molar-refractivity contribution in [2.45, 2.75) is 46.1 Å². The molecule has 1 aliphatic rings. The molecule has 0 bridgehead atoms. The molecule has 1 amide bonds. The van der Waals surface area contributed by atoms with Crippen LogP contribution < -0.4 is 0 Å². The number of rotatable bonds is 3. The largest absolute Gasteiger partial charge is 0.390 e. The number of hydrogen-bond donors (Lipinski definition) is 1. The maximum absolute atomic E-state index is 13.1. The van der Waals surface area contributed by atoms with Crippen LogP contribution in [0.15, 0.2) is 6.07 Å². The number of likely N-dealkylation sites (tertiary alicyclic amines) is 1. The van der Waals surface area contributed by atoms with Gasteiger partial charge < -0.3 is 10.0 Å². The van der Waals surface area contributed by atoms with Crippen LogP contribution in [-0.4, -0.2) is 54.2 Å². The van der Waals surface area contributed by atoms with Crippen LogP contribution in [0.3, 0.4) is 0 Å². The predicted molar refractivity (Wildman–Crippen MR) is 99.8 cm³/mol. The second kappa shape index (κ2) is 6.54. The number of piperidine rings is 1. The lowest BCUT2D eigenvalue weighted by Gasteiger charge is -2.42. The Balaban J connectivity index is 1.89. The lowest BCUT2D eigenvalue weighted by molar-refractivity contribution is -0.0522. The van der Waals surface area contributed by atoms with Gasteiger partial charge in [-0.25, -0.2) is 0 Å². The molecule has 26 heavy (non-hydrogen) atoms. The van der Waals surface area contributed by atoms with Gasteiger partial charge in [-0.05, 0) is 39.7 Å². The molecule has 0 aliphatic carbocycles. The maximum Gasteiger partial charge on any atom is 0.272 e. The average molecular weight is 359 g/mol. The zero-order valence-corrected chi connectivity index (χ0v) is 16.6. The number of carbonyl (C=O) groups excluding carboxylic acids is 1. The lowest BCUT2D eigenvalue weighted by Crippen LogP contribution is -2.52. The highest BCUT2D eigenvalue weighted by atomic mass is 16.3. The Labute approximate surface area is 154 Å². The number of carbonyl (C=O) groups is 1. The molecular weight excluding hydrogens is 330 g/mol. The fourth-order valence-corrected chi connectivity index (χ4v) is 3.97. The van der Waals surface area contributed by atoms with E-state index in [1.807, 2.05) is 43.5 Å². The van der Waals surface area contributed by atoms with Gasteiger partial charge in [0, 0.05) is 44.4 Å². The predicted octanol–water partition coefficient (Wildman–Crippen LogP) is 2.06. The molecule has 3 rings (SSSR count). The van der Waals surface area contributed by atoms with E-state index in [0.717, 1.165) is 29.1 Å². The van der Waals surface area contributed by atoms with E-state index in [4.69, 9.17) is 0 Å². The Bertz CT molecular complexity index is 833. The van der Waals surface area contributed by atoms with E-state index in [9.17, 15) is 9.90 Å². The molecule has 7 heteroatoms. The maximum atomic E-state index is 13.1. The van der Waals surface area contributed by atoms with Gasteiger partial charge >= 0.3 is 0 Å². The van der Waals surface area contributed by atoms with Crippen LogP contribution in [-0.2, 0) is 14.1 Å². The zero-order valence-electron chi connectivity index (χ0n) is 16.6. The van der Waals surface area contributed by atoms with Crippen molar-refractivity contribution in [3.05, 3.63) is 23.1 Å². The van der Waals surface area contributed by atoms with Gasteiger partial charge in [0.25, 0.3) is 5.91 Å². The van der Waals surface area contributed by atoms with E-state index >= 15 is 0 Å². The van der Waals surface area contributed by atoms with Crippen LogP contribution in [0, 0.1) is 19.8 Å². The van der Waals surface area contributed by atoms with Gasteiger partial charge in [0.15, 0.2) is 0 Å². The van der Waals surface area contributed by atoms with Crippen molar-refractivity contribution in [1.29, 1.82) is 0 Å². The third kappa shape index (κ3) is 3.05. The Kier molecular flexibility index (Phi) is 4.69. The van der Waals surface area contributed by atoms with Gasteiger partial charge in [0.05, 0.1) is 17.0 Å². The van der Waals surface area contributed by atoms with Crippen LogP contribution in [0.4, 0.5) is 0 Å². The van der Waals surface area contributed by atoms with Gasteiger partial charge in [-0.3, -0.25) is 14.2 Å². The van der Waals surface area contributed by atoms with Gasteiger partial charge in [0.1, 0.15) is 5.69 Å². The fourth-order valence-electron chi connectivity index (χ4n) is 3.97. The van der Waals surface area contributed by atoms with Crippen molar-refractivity contribution in [3.63, 3.8) is 0 Å². The van der Waals surface area contributed by atoms with Gasteiger partial charge in [0.2, 0.25) is 0 Å². The first-order chi connectivity index (χ1) is 12.2. The number of nitrogens with zero attached hydrogens (tertiary/aromatic N) is 5. The summed E-state index contributed by atoms with van der Waals surface area (Å²) in [5.74, 6) is 0.0649. The smallest absolute Gasteiger partial charge is 0.272 e. The second-order valence-corrected chi connectivity index (χ2v) is 7.67. The summed E-state index contributed by atoms with van der Waals surface area (Å²) in [6.45, 7) is 9.03. The van der Waals surface area contributed by atoms with Crippen LogP contribution in [0.1, 0.15) is 48.6 Å². The molecule has 142 valence electrons. The fraction of sp³-hybridized carbons (Fsp3) is 0.632. The first kappa shape index (κ1) is 18.6. The highest BCUT2D eigenvalue weighted by Gasteiger charge is 2.38. The van der Waals surface area contributed by atoms with E-state index < -0.39 is 5.60 Å². The van der Waals surface area contributed by atoms with Crippen LogP contribution in [0.25, 0.3) is 11.3 Å². The van der Waals surface area contributed by atoms with Crippen molar-refractivity contribution in [2.24, 2.45) is 20.0 Å². The minimum Gasteiger partial charge on any atom is -0.390 e. The zero-order chi connectivity index (χ0) is 19.2. The Morgan fingerprint density at radius 3 is 2.58 bits per heavy atom. The average Bonchev–Trinajstić information content (AvgIpc) is 3.06. The molecule has 0 spiro atoms. The highest BCUT2D eigenvalue weighted by molar-refractivity contribution is 5.94. The standard InChI is InChI=1S/C19H29N5O2/c1-7-14-11-24(9-8-19(14,4)26)18(25)16-10-15(21-23(16)6)17-12(2)20-22(5)13(17)3/h10,14,26H,7-9,11H2,1-6H3/t14-,19+/m1/s1. The molecule has 1 fully saturated rings. The van der Waals surface area contributed by atoms with E-state index in [1.54, 1.807) is 11.7 Å². The molecule has 2 aromatic heterocycles. The summed E-state index contributed by atoms with van der Waals surface area (Å²) < 4.78 is 3.48. The number of amides is 1. The Morgan fingerprint density at radius 1 is 1.31 bits per heavy atom. The minimum atomic E-state index is -0.701. The number of aryl methyl sites for hydroxylation is 3. The minimum absolute atomic E-state index is 0.0283. The number of aliphatic hydroxyl groups is 1. The molecule has 1 saturated heterocycles. The van der Waals surface area contributed by atoms with E-state index in [2.05, 4.69) is 17.1 Å². The summed E-state index contributed by atoms with van der Waals surface area (Å²) >= 11 is 0. The van der Waals surface area contributed by atoms with Gasteiger partial charge in [-0.15, -0.1) is 0 Å². The molecular formula is C19H29N5O2. The molecule has 0 radical (unpaired) electrons. The molecule has 0 saturated carbocycles. The Hall–Kier alpha value is -2.15. The highest BCUT2D eigenvalue weighted by Crippen LogP contribution is 2.31. The normalized spacial score (nSPS) is 23.5. The third-order valence-electron chi connectivity index (χ3n) is 5.85. The summed E-state index contributed by atoms with van der Waals surface area (Å²) in [4.78, 5) is 14.9. The van der Waals surface area contributed by atoms with Crippen LogP contribution >= 0.6 is 0 Å². The van der Waals surface area contributed by atoms with Crippen molar-refractivity contribution < 1.29 is 9.90 Å². The van der Waals surface area contributed by atoms with Crippen LogP contribution in [0.5, 0.6) is 0 Å². The third-order valence-corrected chi connectivity index (χ3v) is 5.85. The van der Waals surface area contributed by atoms with Gasteiger partial charge in [-0.1, -0.05) is 6.92 Å². The first-order valence-corrected chi connectivity index (χ1v) is 9.22. The SMILES string of the molecule is CC[C@@H]1CN(C(=O)c2cc(-c3c(C)nn(C)c3C)nn2C)CC[C@]1(C)O. The van der Waals surface area contributed by atoms with E-state index in [-0.39, 0.29) is 11.8 Å². The number of aromatic nitrogens is 4. The van der Waals surface area contributed by atoms with Crippen LogP contribution in [0.2, 0.25) is 0 Å². The second-order valence-electron chi connectivity index (χ2n) is 7.67. The van der Waals surface area contributed by atoms with E-state index in [0.29, 0.717) is 25.2 Å². The lowest BCUT2D eigenvalue weighted by atomic mass is 9.81. The molecule has 1 N–H and O–H groups in total. The summed E-state index contributed by atoms with van der Waals surface area (Å²) in [6, 6.07) is 1.85. The van der Waals surface area contributed by atoms with Gasteiger partial charge in [-0.2, -0.15) is 10.2 Å². The monoisotopic (exact) mass is 359 g/mol. The number of hydrogen-bond acceptors (Lipinski definition) is 4. The molecule has 0 aromatic carbocycles. The topological polar surface area (TPSA) is 76.2 Å². The molecule has 3 heterocycles.